The molecule has 1 fully saturated rings. The highest BCUT2D eigenvalue weighted by Crippen LogP contribution is 2.24. The lowest BCUT2D eigenvalue weighted by atomic mass is 10.1. The maximum Gasteiger partial charge on any atom is 0.335 e. The number of nitrogens with zero attached hydrogens (tertiary/aromatic N) is 1. The lowest BCUT2D eigenvalue weighted by Gasteiger charge is -2.19. The molecule has 1 saturated heterocycles. The monoisotopic (exact) mass is 374 g/mol. The van der Waals surface area contributed by atoms with Crippen LogP contribution in [0.2, 0.25) is 0 Å². The molecular formula is C19H22N2O4S. The number of carboxylic acid groups (broad SMARTS) is 1. The van der Waals surface area contributed by atoms with Crippen LogP contribution in [0, 0.1) is 12.8 Å². The number of aromatic carboxylic acids is 1. The first-order chi connectivity index (χ1) is 12.4. The van der Waals surface area contributed by atoms with Crippen molar-refractivity contribution in [1.82, 2.24) is 4.72 Å². The van der Waals surface area contributed by atoms with Crippen molar-refractivity contribution in [2.24, 2.45) is 5.92 Å². The number of carbonyl (C=O) groups is 1. The van der Waals surface area contributed by atoms with E-state index in [0.717, 1.165) is 25.2 Å². The average Bonchev–Trinajstić information content (AvgIpc) is 3.10. The third kappa shape index (κ3) is 4.05. The number of nitrogens with one attached hydrogen (secondary N) is 1. The van der Waals surface area contributed by atoms with Gasteiger partial charge in [0.15, 0.2) is 0 Å². The van der Waals surface area contributed by atoms with Gasteiger partial charge in [-0.3, -0.25) is 0 Å². The van der Waals surface area contributed by atoms with Gasteiger partial charge in [-0.15, -0.1) is 0 Å². The molecule has 0 aromatic heterocycles. The molecule has 26 heavy (non-hydrogen) atoms. The van der Waals surface area contributed by atoms with Gasteiger partial charge in [-0.2, -0.15) is 0 Å². The molecule has 0 amide bonds. The molecule has 6 nitrogen and oxygen atoms in total. The minimum absolute atomic E-state index is 0.0234. The number of para-hydroxylation sites is 1. The molecule has 0 aliphatic carbocycles. The Morgan fingerprint density at radius 2 is 1.96 bits per heavy atom. The highest BCUT2D eigenvalue weighted by molar-refractivity contribution is 7.89. The predicted octanol–water partition coefficient (Wildman–Crippen LogP) is 2.50. The van der Waals surface area contributed by atoms with Gasteiger partial charge in [0, 0.05) is 25.3 Å². The molecule has 0 bridgehead atoms. The third-order valence-corrected chi connectivity index (χ3v) is 6.26. The minimum Gasteiger partial charge on any atom is -0.478 e. The zero-order chi connectivity index (χ0) is 18.7. The second-order valence-corrected chi connectivity index (χ2v) is 8.31. The number of anilines is 1. The van der Waals surface area contributed by atoms with Gasteiger partial charge < -0.3 is 10.0 Å². The van der Waals surface area contributed by atoms with Crippen molar-refractivity contribution in [2.75, 3.05) is 24.5 Å². The molecular weight excluding hydrogens is 352 g/mol. The van der Waals surface area contributed by atoms with Gasteiger partial charge in [-0.25, -0.2) is 17.9 Å². The number of hydrogen-bond donors (Lipinski definition) is 2. The molecule has 0 spiro atoms. The topological polar surface area (TPSA) is 86.7 Å². The van der Waals surface area contributed by atoms with E-state index in [-0.39, 0.29) is 16.4 Å². The smallest absolute Gasteiger partial charge is 0.335 e. The van der Waals surface area contributed by atoms with Crippen LogP contribution in [0.25, 0.3) is 0 Å². The van der Waals surface area contributed by atoms with Crippen LogP contribution in [0.5, 0.6) is 0 Å². The summed E-state index contributed by atoms with van der Waals surface area (Å²) in [7, 11) is -3.75. The number of rotatable bonds is 6. The van der Waals surface area contributed by atoms with E-state index < -0.39 is 16.0 Å². The zero-order valence-electron chi connectivity index (χ0n) is 14.6. The summed E-state index contributed by atoms with van der Waals surface area (Å²) in [5.74, 6) is -0.927. The summed E-state index contributed by atoms with van der Waals surface area (Å²) in [5, 5.41) is 9.09. The standard InChI is InChI=1S/C19H22N2O4S/c1-14-7-8-16(19(22)23)11-18(14)26(24,25)20-12-15-9-10-21(13-15)17-5-3-2-4-6-17/h2-8,11,15,20H,9-10,12-13H2,1H3,(H,22,23). The van der Waals surface area contributed by atoms with Crippen molar-refractivity contribution in [3.63, 3.8) is 0 Å². The zero-order valence-corrected chi connectivity index (χ0v) is 15.4. The average molecular weight is 374 g/mol. The molecule has 2 N–H and O–H groups in total. The maximum atomic E-state index is 12.6. The first-order valence-electron chi connectivity index (χ1n) is 8.50. The van der Waals surface area contributed by atoms with Crippen molar-refractivity contribution >= 4 is 21.7 Å². The SMILES string of the molecule is Cc1ccc(C(=O)O)cc1S(=O)(=O)NCC1CCN(c2ccccc2)C1. The largest absolute Gasteiger partial charge is 0.478 e. The number of sulfonamides is 1. The molecule has 1 atom stereocenters. The van der Waals surface area contributed by atoms with Crippen LogP contribution < -0.4 is 9.62 Å². The van der Waals surface area contributed by atoms with Crippen molar-refractivity contribution < 1.29 is 18.3 Å². The molecule has 3 rings (SSSR count). The van der Waals surface area contributed by atoms with Gasteiger partial charge in [0.25, 0.3) is 0 Å². The Kier molecular flexibility index (Phi) is 5.29. The van der Waals surface area contributed by atoms with Gasteiger partial charge in [0.2, 0.25) is 10.0 Å². The van der Waals surface area contributed by atoms with Gasteiger partial charge in [0.05, 0.1) is 10.5 Å². The van der Waals surface area contributed by atoms with E-state index >= 15 is 0 Å². The fourth-order valence-corrected chi connectivity index (χ4v) is 4.59. The summed E-state index contributed by atoms with van der Waals surface area (Å²) in [5.41, 5.74) is 1.63. The van der Waals surface area contributed by atoms with E-state index in [4.69, 9.17) is 5.11 Å². The molecule has 1 aliphatic heterocycles. The van der Waals surface area contributed by atoms with Crippen molar-refractivity contribution in [2.45, 2.75) is 18.2 Å². The van der Waals surface area contributed by atoms with Crippen molar-refractivity contribution in [3.05, 3.63) is 59.7 Å². The summed E-state index contributed by atoms with van der Waals surface area (Å²) in [6.07, 6.45) is 0.908. The molecule has 2 aromatic rings. The van der Waals surface area contributed by atoms with E-state index in [1.165, 1.54) is 18.2 Å². The number of hydrogen-bond acceptors (Lipinski definition) is 4. The molecule has 1 heterocycles. The van der Waals surface area contributed by atoms with E-state index in [0.29, 0.717) is 12.1 Å². The normalized spacial score (nSPS) is 17.4. The Balaban J connectivity index is 1.66. The van der Waals surface area contributed by atoms with Crippen LogP contribution in [0.3, 0.4) is 0 Å². The second-order valence-electron chi connectivity index (χ2n) is 6.57. The highest BCUT2D eigenvalue weighted by Gasteiger charge is 2.25. The third-order valence-electron chi connectivity index (χ3n) is 4.69. The Hall–Kier alpha value is -2.38. The first kappa shape index (κ1) is 18.4. The second kappa shape index (κ2) is 7.47. The maximum absolute atomic E-state index is 12.6. The quantitative estimate of drug-likeness (QED) is 0.811. The van der Waals surface area contributed by atoms with Crippen molar-refractivity contribution in [1.29, 1.82) is 0 Å². The molecule has 0 saturated carbocycles. The summed E-state index contributed by atoms with van der Waals surface area (Å²) in [6.45, 7) is 3.68. The van der Waals surface area contributed by atoms with E-state index in [1.807, 2.05) is 30.3 Å². The first-order valence-corrected chi connectivity index (χ1v) is 9.99. The molecule has 1 aliphatic rings. The Morgan fingerprint density at radius 3 is 2.65 bits per heavy atom. The number of aryl methyl sites for hydroxylation is 1. The Bertz CT molecular complexity index is 897. The highest BCUT2D eigenvalue weighted by atomic mass is 32.2. The lowest BCUT2D eigenvalue weighted by Crippen LogP contribution is -2.31. The number of carboxylic acids is 1. The molecule has 138 valence electrons. The fourth-order valence-electron chi connectivity index (χ4n) is 3.20. The molecule has 7 heteroatoms. The van der Waals surface area contributed by atoms with Crippen molar-refractivity contribution in [3.8, 4) is 0 Å². The van der Waals surface area contributed by atoms with Crippen LogP contribution in [0.1, 0.15) is 22.3 Å². The Morgan fingerprint density at radius 1 is 1.23 bits per heavy atom. The summed E-state index contributed by atoms with van der Waals surface area (Å²) in [6, 6.07) is 14.2. The van der Waals surface area contributed by atoms with Gasteiger partial charge in [0.1, 0.15) is 0 Å². The van der Waals surface area contributed by atoms with Crippen LogP contribution in [0.4, 0.5) is 5.69 Å². The molecule has 0 radical (unpaired) electrons. The van der Waals surface area contributed by atoms with Gasteiger partial charge in [-0.1, -0.05) is 24.3 Å². The summed E-state index contributed by atoms with van der Waals surface area (Å²) < 4.78 is 27.9. The number of benzene rings is 2. The fraction of sp³-hybridized carbons (Fsp3) is 0.316. The molecule has 1 unspecified atom stereocenters. The van der Waals surface area contributed by atoms with Gasteiger partial charge in [-0.05, 0) is 49.1 Å². The van der Waals surface area contributed by atoms with Crippen LogP contribution in [-0.2, 0) is 10.0 Å². The Labute approximate surface area is 153 Å². The molecule has 2 aromatic carbocycles. The van der Waals surface area contributed by atoms with E-state index in [9.17, 15) is 13.2 Å². The van der Waals surface area contributed by atoms with E-state index in [1.54, 1.807) is 6.92 Å². The minimum atomic E-state index is -3.75. The van der Waals surface area contributed by atoms with E-state index in [2.05, 4.69) is 9.62 Å². The van der Waals surface area contributed by atoms with Crippen LogP contribution in [0.15, 0.2) is 53.4 Å². The van der Waals surface area contributed by atoms with Crippen LogP contribution >= 0.6 is 0 Å². The lowest BCUT2D eigenvalue weighted by molar-refractivity contribution is 0.0696. The van der Waals surface area contributed by atoms with Gasteiger partial charge >= 0.3 is 5.97 Å². The summed E-state index contributed by atoms with van der Waals surface area (Å²) >= 11 is 0. The van der Waals surface area contributed by atoms with Crippen LogP contribution in [-0.4, -0.2) is 39.1 Å². The summed E-state index contributed by atoms with van der Waals surface area (Å²) in [4.78, 5) is 13.4. The predicted molar refractivity (Wildman–Crippen MR) is 100 cm³/mol.